The molecule has 0 amide bonds. The maximum atomic E-state index is 11.6. The van der Waals surface area contributed by atoms with Gasteiger partial charge in [-0.3, -0.25) is 14.9 Å². The van der Waals surface area contributed by atoms with Crippen LogP contribution in [0.1, 0.15) is 23.1 Å². The number of aromatic nitrogens is 2. The van der Waals surface area contributed by atoms with Crippen LogP contribution in [0.5, 0.6) is 0 Å². The molecule has 32 heavy (non-hydrogen) atoms. The molecule has 0 aliphatic heterocycles. The lowest BCUT2D eigenvalue weighted by Gasteiger charge is -2.03. The number of hydrogen-bond donors (Lipinski definition) is 4. The van der Waals surface area contributed by atoms with Gasteiger partial charge >= 0.3 is 16.4 Å². The van der Waals surface area contributed by atoms with Gasteiger partial charge in [-0.2, -0.15) is 13.5 Å². The number of nitrogens with one attached hydrogen (secondary N) is 1. The van der Waals surface area contributed by atoms with Crippen LogP contribution in [0.2, 0.25) is 10.0 Å². The van der Waals surface area contributed by atoms with Crippen molar-refractivity contribution in [3.63, 3.8) is 0 Å². The third-order valence-corrected chi connectivity index (χ3v) is 3.96. The van der Waals surface area contributed by atoms with E-state index in [9.17, 15) is 4.79 Å². The van der Waals surface area contributed by atoms with Crippen molar-refractivity contribution in [2.75, 3.05) is 12.0 Å². The van der Waals surface area contributed by atoms with Gasteiger partial charge in [0.25, 0.3) is 0 Å². The highest BCUT2D eigenvalue weighted by atomic mass is 35.5. The van der Waals surface area contributed by atoms with Gasteiger partial charge < -0.3 is 10.2 Å². The SMILES string of the molecule is CCOC(=O)c1cc(C)n(-c2ccc(Cl)cc2)n1.NNc1ccc(Cl)cc1.O=S(=O)(O)O. The normalized spacial score (nSPS) is 10.2. The van der Waals surface area contributed by atoms with Gasteiger partial charge in [0, 0.05) is 21.4 Å². The fourth-order valence-corrected chi connectivity index (χ4v) is 2.42. The second-order valence-electron chi connectivity index (χ2n) is 5.88. The molecule has 0 spiro atoms. The molecule has 0 bridgehead atoms. The number of aryl methyl sites for hydroxylation is 1. The number of halogens is 2. The molecule has 3 rings (SSSR count). The van der Waals surface area contributed by atoms with E-state index in [0.29, 0.717) is 22.3 Å². The van der Waals surface area contributed by atoms with Crippen LogP contribution in [0.15, 0.2) is 54.6 Å². The van der Waals surface area contributed by atoms with E-state index in [1.54, 1.807) is 41.9 Å². The Morgan fingerprint density at radius 3 is 2.00 bits per heavy atom. The molecule has 1 heterocycles. The standard InChI is InChI=1S/C13H13ClN2O2.C6H7ClN2.H2O4S/c1-3-18-13(17)12-8-9(2)16(15-12)11-6-4-10(14)5-7-11;7-5-1-3-6(9-8)4-2-5;1-5(2,3)4/h4-8H,3H2,1-2H3;1-4,9H,8H2;(H2,1,2,3,4). The zero-order valence-electron chi connectivity index (χ0n) is 17.1. The molecule has 13 heteroatoms. The molecule has 0 saturated carbocycles. The van der Waals surface area contributed by atoms with Gasteiger partial charge in [0.05, 0.1) is 12.3 Å². The molecule has 0 atom stereocenters. The van der Waals surface area contributed by atoms with Crippen LogP contribution in [-0.4, -0.2) is 39.9 Å². The summed E-state index contributed by atoms with van der Waals surface area (Å²) in [6, 6.07) is 16.1. The number of carbonyl (C=O) groups is 1. The topological polar surface area (TPSA) is 157 Å². The van der Waals surface area contributed by atoms with Crippen LogP contribution in [-0.2, 0) is 15.1 Å². The van der Waals surface area contributed by atoms with E-state index in [0.717, 1.165) is 17.1 Å². The molecule has 0 radical (unpaired) electrons. The average Bonchev–Trinajstić information content (AvgIpc) is 3.10. The Balaban J connectivity index is 0.000000303. The highest BCUT2D eigenvalue weighted by molar-refractivity contribution is 7.79. The number of hydrogen-bond acceptors (Lipinski definition) is 7. The molecule has 2 aromatic carbocycles. The predicted octanol–water partition coefficient (Wildman–Crippen LogP) is 3.98. The van der Waals surface area contributed by atoms with Crippen LogP contribution >= 0.6 is 23.2 Å². The molecule has 5 N–H and O–H groups in total. The quantitative estimate of drug-likeness (QED) is 0.178. The van der Waals surface area contributed by atoms with Crippen LogP contribution in [0, 0.1) is 6.92 Å². The van der Waals surface area contributed by atoms with E-state index in [4.69, 9.17) is 51.3 Å². The largest absolute Gasteiger partial charge is 0.461 e. The summed E-state index contributed by atoms with van der Waals surface area (Å²) in [6.07, 6.45) is 0. The number of esters is 1. The van der Waals surface area contributed by atoms with Crippen molar-refractivity contribution in [1.82, 2.24) is 9.78 Å². The summed E-state index contributed by atoms with van der Waals surface area (Å²) in [4.78, 5) is 11.6. The molecule has 1 aromatic heterocycles. The van der Waals surface area contributed by atoms with Gasteiger partial charge in [-0.1, -0.05) is 23.2 Å². The number of rotatable bonds is 4. The Morgan fingerprint density at radius 1 is 1.09 bits per heavy atom. The van der Waals surface area contributed by atoms with Crippen molar-refractivity contribution in [3.05, 3.63) is 76.0 Å². The van der Waals surface area contributed by atoms with Gasteiger partial charge in [0.15, 0.2) is 5.69 Å². The monoisotopic (exact) mass is 504 g/mol. The third kappa shape index (κ3) is 10.6. The van der Waals surface area contributed by atoms with Crippen molar-refractivity contribution >= 4 is 45.3 Å². The number of nitrogens with zero attached hydrogens (tertiary/aromatic N) is 2. The van der Waals surface area contributed by atoms with E-state index in [1.165, 1.54) is 0 Å². The van der Waals surface area contributed by atoms with Crippen LogP contribution in [0.4, 0.5) is 5.69 Å². The summed E-state index contributed by atoms with van der Waals surface area (Å²) < 4.78 is 38.2. The van der Waals surface area contributed by atoms with Gasteiger partial charge in [-0.25, -0.2) is 9.48 Å². The Bertz CT molecular complexity index is 1100. The Morgan fingerprint density at radius 2 is 1.56 bits per heavy atom. The number of hydrazine groups is 1. The lowest BCUT2D eigenvalue weighted by atomic mass is 10.3. The fraction of sp³-hybridized carbons (Fsp3) is 0.158. The smallest absolute Gasteiger partial charge is 0.394 e. The number of benzene rings is 2. The Labute approximate surface area is 195 Å². The minimum Gasteiger partial charge on any atom is -0.461 e. The Hall–Kier alpha value is -2.67. The number of anilines is 1. The van der Waals surface area contributed by atoms with Crippen LogP contribution in [0.3, 0.4) is 0 Å². The Kier molecular flexibility index (Phi) is 11.1. The molecule has 3 aromatic rings. The molecule has 0 fully saturated rings. The van der Waals surface area contributed by atoms with Gasteiger partial charge in [-0.05, 0) is 68.4 Å². The van der Waals surface area contributed by atoms with Crippen molar-refractivity contribution in [3.8, 4) is 5.69 Å². The summed E-state index contributed by atoms with van der Waals surface area (Å²) in [5, 5.41) is 5.61. The first-order chi connectivity index (χ1) is 14.9. The van der Waals surface area contributed by atoms with E-state index in [1.807, 2.05) is 31.2 Å². The molecular formula is C19H22Cl2N4O6S. The number of carbonyl (C=O) groups excluding carboxylic acids is 1. The molecule has 10 nitrogen and oxygen atoms in total. The van der Waals surface area contributed by atoms with Crippen LogP contribution < -0.4 is 11.3 Å². The molecule has 0 aliphatic carbocycles. The highest BCUT2D eigenvalue weighted by Crippen LogP contribution is 2.16. The fourth-order valence-electron chi connectivity index (χ4n) is 2.17. The molecule has 0 aliphatic rings. The summed E-state index contributed by atoms with van der Waals surface area (Å²) >= 11 is 11.4. The molecule has 174 valence electrons. The predicted molar refractivity (Wildman–Crippen MR) is 123 cm³/mol. The van der Waals surface area contributed by atoms with E-state index in [2.05, 4.69) is 10.5 Å². The summed E-state index contributed by atoms with van der Waals surface area (Å²) in [5.74, 6) is 4.70. The van der Waals surface area contributed by atoms with Crippen molar-refractivity contribution < 1.29 is 27.1 Å². The van der Waals surface area contributed by atoms with Crippen LogP contribution in [0.25, 0.3) is 5.69 Å². The first-order valence-electron chi connectivity index (χ1n) is 8.86. The van der Waals surface area contributed by atoms with Gasteiger partial charge in [0.1, 0.15) is 0 Å². The first kappa shape index (κ1) is 27.4. The van der Waals surface area contributed by atoms with Crippen molar-refractivity contribution in [1.29, 1.82) is 0 Å². The van der Waals surface area contributed by atoms with E-state index >= 15 is 0 Å². The second kappa shape index (κ2) is 13.0. The zero-order valence-corrected chi connectivity index (χ0v) is 19.4. The summed E-state index contributed by atoms with van der Waals surface area (Å²) in [6.45, 7) is 3.98. The van der Waals surface area contributed by atoms with Gasteiger partial charge in [0.2, 0.25) is 0 Å². The molecular weight excluding hydrogens is 483 g/mol. The van der Waals surface area contributed by atoms with Crippen molar-refractivity contribution in [2.45, 2.75) is 13.8 Å². The maximum Gasteiger partial charge on any atom is 0.394 e. The molecule has 0 unspecified atom stereocenters. The highest BCUT2D eigenvalue weighted by Gasteiger charge is 2.13. The number of nitrogens with two attached hydrogens (primary N) is 1. The number of nitrogen functional groups attached to an aromatic ring is 1. The molecule has 0 saturated heterocycles. The third-order valence-electron chi connectivity index (χ3n) is 3.45. The summed E-state index contributed by atoms with van der Waals surface area (Å²) in [5.41, 5.74) is 5.38. The summed E-state index contributed by atoms with van der Waals surface area (Å²) in [7, 11) is -4.67. The van der Waals surface area contributed by atoms with E-state index < -0.39 is 16.4 Å². The van der Waals surface area contributed by atoms with Crippen molar-refractivity contribution in [2.24, 2.45) is 5.84 Å². The minimum atomic E-state index is -4.67. The first-order valence-corrected chi connectivity index (χ1v) is 11.0. The van der Waals surface area contributed by atoms with E-state index in [-0.39, 0.29) is 0 Å². The minimum absolute atomic E-state index is 0.310. The van der Waals surface area contributed by atoms with Gasteiger partial charge in [-0.15, -0.1) is 0 Å². The lowest BCUT2D eigenvalue weighted by molar-refractivity contribution is 0.0519. The lowest BCUT2D eigenvalue weighted by Crippen LogP contribution is -2.06. The zero-order chi connectivity index (χ0) is 24.3. The maximum absolute atomic E-state index is 11.6. The second-order valence-corrected chi connectivity index (χ2v) is 7.65. The average molecular weight is 505 g/mol. The number of ether oxygens (including phenoxy) is 1.